The van der Waals surface area contributed by atoms with E-state index in [0.29, 0.717) is 25.9 Å². The van der Waals surface area contributed by atoms with Crippen LogP contribution in [0.4, 0.5) is 0 Å². The van der Waals surface area contributed by atoms with Crippen LogP contribution in [0.5, 0.6) is 0 Å². The number of likely N-dealkylation sites (tertiary alicyclic amines) is 2. The summed E-state index contributed by atoms with van der Waals surface area (Å²) in [5.74, 6) is -2.95. The molecule has 2 aliphatic rings. The van der Waals surface area contributed by atoms with Crippen LogP contribution >= 0.6 is 0 Å². The molecule has 120 valence electrons. The Morgan fingerprint density at radius 3 is 1.57 bits per heavy atom. The SMILES string of the molecule is CN1CCCC(C(C(=O)O)(C(=O)O)C2CCCN(C)C2)C1. The second-order valence-corrected chi connectivity index (χ2v) is 6.68. The molecule has 0 saturated carbocycles. The van der Waals surface area contributed by atoms with Crippen LogP contribution in [-0.4, -0.2) is 72.2 Å². The number of carbonyl (C=O) groups is 2. The normalized spacial score (nSPS) is 29.2. The van der Waals surface area contributed by atoms with Crippen molar-refractivity contribution in [3.8, 4) is 0 Å². The summed E-state index contributed by atoms with van der Waals surface area (Å²) in [5.41, 5.74) is -1.65. The predicted octanol–water partition coefficient (Wildman–Crippen LogP) is 0.826. The number of carboxylic acid groups (broad SMARTS) is 2. The van der Waals surface area contributed by atoms with E-state index in [1.165, 1.54) is 0 Å². The molecule has 2 aliphatic heterocycles. The zero-order chi connectivity index (χ0) is 15.6. The first-order valence-electron chi connectivity index (χ1n) is 7.73. The van der Waals surface area contributed by atoms with E-state index in [-0.39, 0.29) is 11.8 Å². The van der Waals surface area contributed by atoms with Crippen LogP contribution in [0.3, 0.4) is 0 Å². The maximum atomic E-state index is 12.1. The van der Waals surface area contributed by atoms with Gasteiger partial charge in [0.05, 0.1) is 0 Å². The highest BCUT2D eigenvalue weighted by atomic mass is 16.4. The Morgan fingerprint density at radius 1 is 0.905 bits per heavy atom. The van der Waals surface area contributed by atoms with E-state index in [9.17, 15) is 19.8 Å². The molecule has 2 atom stereocenters. The third kappa shape index (κ3) is 2.92. The maximum Gasteiger partial charge on any atom is 0.321 e. The van der Waals surface area contributed by atoms with Gasteiger partial charge in [0.1, 0.15) is 0 Å². The van der Waals surface area contributed by atoms with Gasteiger partial charge in [0, 0.05) is 13.1 Å². The topological polar surface area (TPSA) is 81.1 Å². The van der Waals surface area contributed by atoms with Gasteiger partial charge in [0.15, 0.2) is 5.41 Å². The molecular weight excluding hydrogens is 272 g/mol. The molecular formula is C15H26N2O4. The van der Waals surface area contributed by atoms with Gasteiger partial charge in [-0.25, -0.2) is 0 Å². The molecule has 0 bridgehead atoms. The van der Waals surface area contributed by atoms with Crippen LogP contribution in [0.2, 0.25) is 0 Å². The van der Waals surface area contributed by atoms with E-state index in [4.69, 9.17) is 0 Å². The lowest BCUT2D eigenvalue weighted by Crippen LogP contribution is -2.58. The summed E-state index contributed by atoms with van der Waals surface area (Å²) < 4.78 is 0. The van der Waals surface area contributed by atoms with Crippen LogP contribution in [0.25, 0.3) is 0 Å². The number of nitrogens with zero attached hydrogens (tertiary/aromatic N) is 2. The molecule has 0 aliphatic carbocycles. The summed E-state index contributed by atoms with van der Waals surface area (Å²) >= 11 is 0. The van der Waals surface area contributed by atoms with Crippen molar-refractivity contribution in [1.82, 2.24) is 9.80 Å². The first kappa shape index (κ1) is 16.2. The number of aliphatic carboxylic acids is 2. The summed E-state index contributed by atoms with van der Waals surface area (Å²) in [6.45, 7) is 2.93. The van der Waals surface area contributed by atoms with Crippen LogP contribution in [-0.2, 0) is 9.59 Å². The van der Waals surface area contributed by atoms with Gasteiger partial charge in [0.25, 0.3) is 0 Å². The lowest BCUT2D eigenvalue weighted by Gasteiger charge is -2.46. The van der Waals surface area contributed by atoms with E-state index in [1.54, 1.807) is 0 Å². The van der Waals surface area contributed by atoms with E-state index in [1.807, 2.05) is 14.1 Å². The smallest absolute Gasteiger partial charge is 0.321 e. The number of rotatable bonds is 4. The third-order valence-electron chi connectivity index (χ3n) is 5.24. The van der Waals surface area contributed by atoms with Crippen LogP contribution < -0.4 is 0 Å². The minimum absolute atomic E-state index is 0.317. The zero-order valence-electron chi connectivity index (χ0n) is 12.9. The molecule has 2 rings (SSSR count). The minimum Gasteiger partial charge on any atom is -0.480 e. The standard InChI is InChI=1S/C15H26N2O4/c1-16-7-3-5-11(9-16)15(13(18)19,14(20)21)12-6-4-8-17(2)10-12/h11-12H,3-10H2,1-2H3,(H,18,19)(H,20,21). The van der Waals surface area contributed by atoms with Crippen molar-refractivity contribution in [3.63, 3.8) is 0 Å². The molecule has 0 radical (unpaired) electrons. The number of hydrogen-bond acceptors (Lipinski definition) is 4. The molecule has 0 aromatic rings. The average Bonchev–Trinajstić information content (AvgIpc) is 2.38. The number of piperidine rings is 2. The number of carboxylic acids is 2. The molecule has 0 aromatic heterocycles. The van der Waals surface area contributed by atoms with Gasteiger partial charge < -0.3 is 20.0 Å². The van der Waals surface area contributed by atoms with E-state index in [0.717, 1.165) is 25.9 Å². The molecule has 6 nitrogen and oxygen atoms in total. The molecule has 0 aromatic carbocycles. The quantitative estimate of drug-likeness (QED) is 0.748. The van der Waals surface area contributed by atoms with Gasteiger partial charge in [-0.3, -0.25) is 9.59 Å². The largest absolute Gasteiger partial charge is 0.480 e. The Kier molecular flexibility index (Phi) is 4.88. The summed E-state index contributed by atoms with van der Waals surface area (Å²) in [6, 6.07) is 0. The fourth-order valence-corrected chi connectivity index (χ4v) is 4.20. The summed E-state index contributed by atoms with van der Waals surface area (Å²) in [7, 11) is 3.88. The highest BCUT2D eigenvalue weighted by molar-refractivity contribution is 5.99. The Bertz CT molecular complexity index is 374. The van der Waals surface area contributed by atoms with E-state index in [2.05, 4.69) is 9.80 Å². The van der Waals surface area contributed by atoms with E-state index < -0.39 is 17.4 Å². The third-order valence-corrected chi connectivity index (χ3v) is 5.24. The van der Waals surface area contributed by atoms with Crippen molar-refractivity contribution < 1.29 is 19.8 Å². The van der Waals surface area contributed by atoms with Crippen molar-refractivity contribution in [3.05, 3.63) is 0 Å². The lowest BCUT2D eigenvalue weighted by atomic mass is 9.62. The molecule has 0 amide bonds. The fourth-order valence-electron chi connectivity index (χ4n) is 4.20. The molecule has 0 spiro atoms. The maximum absolute atomic E-state index is 12.1. The van der Waals surface area contributed by atoms with Crippen molar-refractivity contribution in [2.75, 3.05) is 40.3 Å². The molecule has 2 saturated heterocycles. The first-order valence-corrected chi connectivity index (χ1v) is 7.73. The molecule has 2 N–H and O–H groups in total. The second-order valence-electron chi connectivity index (χ2n) is 6.68. The molecule has 6 heteroatoms. The summed E-state index contributed by atoms with van der Waals surface area (Å²) in [6.07, 6.45) is 3.10. The molecule has 2 unspecified atom stereocenters. The van der Waals surface area contributed by atoms with Crippen LogP contribution in [0.15, 0.2) is 0 Å². The Hall–Kier alpha value is -1.14. The molecule has 2 heterocycles. The first-order chi connectivity index (χ1) is 9.88. The predicted molar refractivity (Wildman–Crippen MR) is 78.1 cm³/mol. The Labute approximate surface area is 125 Å². The monoisotopic (exact) mass is 298 g/mol. The van der Waals surface area contributed by atoms with Gasteiger partial charge in [0.2, 0.25) is 0 Å². The lowest BCUT2D eigenvalue weighted by molar-refractivity contribution is -0.179. The number of hydrogen-bond donors (Lipinski definition) is 2. The van der Waals surface area contributed by atoms with Crippen molar-refractivity contribution >= 4 is 11.9 Å². The van der Waals surface area contributed by atoms with Gasteiger partial charge in [-0.05, 0) is 64.7 Å². The van der Waals surface area contributed by atoms with Crippen molar-refractivity contribution in [2.45, 2.75) is 25.7 Å². The highest BCUT2D eigenvalue weighted by Crippen LogP contribution is 2.44. The Balaban J connectivity index is 2.37. The van der Waals surface area contributed by atoms with Crippen molar-refractivity contribution in [1.29, 1.82) is 0 Å². The Morgan fingerprint density at radius 2 is 1.29 bits per heavy atom. The zero-order valence-corrected chi connectivity index (χ0v) is 12.9. The van der Waals surface area contributed by atoms with Crippen LogP contribution in [0.1, 0.15) is 25.7 Å². The van der Waals surface area contributed by atoms with Gasteiger partial charge >= 0.3 is 11.9 Å². The van der Waals surface area contributed by atoms with Gasteiger partial charge in [-0.2, -0.15) is 0 Å². The van der Waals surface area contributed by atoms with E-state index >= 15 is 0 Å². The van der Waals surface area contributed by atoms with Gasteiger partial charge in [-0.15, -0.1) is 0 Å². The van der Waals surface area contributed by atoms with Gasteiger partial charge in [-0.1, -0.05) is 0 Å². The molecule has 21 heavy (non-hydrogen) atoms. The van der Waals surface area contributed by atoms with Crippen molar-refractivity contribution in [2.24, 2.45) is 17.3 Å². The van der Waals surface area contributed by atoms with Crippen LogP contribution in [0, 0.1) is 17.3 Å². The average molecular weight is 298 g/mol. The summed E-state index contributed by atoms with van der Waals surface area (Å²) in [5, 5.41) is 19.7. The molecule has 2 fully saturated rings. The fraction of sp³-hybridized carbons (Fsp3) is 0.867. The highest BCUT2D eigenvalue weighted by Gasteiger charge is 2.58. The minimum atomic E-state index is -1.65. The second kappa shape index (κ2) is 6.32. The summed E-state index contributed by atoms with van der Waals surface area (Å²) in [4.78, 5) is 28.2.